The van der Waals surface area contributed by atoms with Crippen molar-refractivity contribution >= 4 is 11.6 Å². The lowest BCUT2D eigenvalue weighted by atomic mass is 10.2. The monoisotopic (exact) mass is 308 g/mol. The van der Waals surface area contributed by atoms with Gasteiger partial charge in [-0.3, -0.25) is 4.79 Å². The molecule has 0 aliphatic carbocycles. The first-order chi connectivity index (χ1) is 10.7. The number of anilines is 1. The number of carbonyl (C=O) groups excluding carboxylic acids is 1. The highest BCUT2D eigenvalue weighted by Gasteiger charge is 2.16. The Bertz CT molecular complexity index is 487. The van der Waals surface area contributed by atoms with Gasteiger partial charge in [0, 0.05) is 32.2 Å². The van der Waals surface area contributed by atoms with Crippen molar-refractivity contribution in [1.29, 1.82) is 0 Å². The van der Waals surface area contributed by atoms with Crippen molar-refractivity contribution in [2.24, 2.45) is 0 Å². The number of carbonyl (C=O) groups is 1. The largest absolute Gasteiger partial charge is 0.497 e. The first kappa shape index (κ1) is 16.4. The molecule has 1 atom stereocenters. The maximum atomic E-state index is 11.8. The molecule has 6 heteroatoms. The Balaban J connectivity index is 1.72. The Morgan fingerprint density at radius 1 is 1.36 bits per heavy atom. The third-order valence-electron chi connectivity index (χ3n) is 3.63. The third-order valence-corrected chi connectivity index (χ3v) is 3.63. The summed E-state index contributed by atoms with van der Waals surface area (Å²) < 4.78 is 15.9. The number of ether oxygens (including phenoxy) is 3. The SMILES string of the molecule is COc1ccc(NCCC(=O)NCC2CCCO2)c(OC)c1. The Kier molecular flexibility index (Phi) is 6.33. The number of hydrogen-bond donors (Lipinski definition) is 2. The maximum Gasteiger partial charge on any atom is 0.221 e. The number of hydrogen-bond acceptors (Lipinski definition) is 5. The first-order valence-electron chi connectivity index (χ1n) is 7.57. The topological polar surface area (TPSA) is 68.8 Å². The fraction of sp³-hybridized carbons (Fsp3) is 0.562. The maximum absolute atomic E-state index is 11.8. The second kappa shape index (κ2) is 8.48. The number of benzene rings is 1. The van der Waals surface area contributed by atoms with E-state index < -0.39 is 0 Å². The number of nitrogens with one attached hydrogen (secondary N) is 2. The molecule has 1 aromatic rings. The van der Waals surface area contributed by atoms with Crippen LogP contribution in [0.4, 0.5) is 5.69 Å². The van der Waals surface area contributed by atoms with E-state index in [-0.39, 0.29) is 12.0 Å². The Hall–Kier alpha value is -1.95. The third kappa shape index (κ3) is 4.80. The molecule has 6 nitrogen and oxygen atoms in total. The molecular formula is C16H24N2O4. The van der Waals surface area contributed by atoms with Gasteiger partial charge in [-0.15, -0.1) is 0 Å². The summed E-state index contributed by atoms with van der Waals surface area (Å²) in [5.41, 5.74) is 0.843. The Labute approximate surface area is 131 Å². The summed E-state index contributed by atoms with van der Waals surface area (Å²) in [5, 5.41) is 6.10. The zero-order valence-corrected chi connectivity index (χ0v) is 13.2. The molecule has 0 saturated carbocycles. The molecule has 1 unspecified atom stereocenters. The summed E-state index contributed by atoms with van der Waals surface area (Å²) in [7, 11) is 3.22. The van der Waals surface area contributed by atoms with Crippen molar-refractivity contribution in [2.75, 3.05) is 39.2 Å². The van der Waals surface area contributed by atoms with E-state index >= 15 is 0 Å². The molecule has 22 heavy (non-hydrogen) atoms. The van der Waals surface area contributed by atoms with Crippen molar-refractivity contribution in [3.05, 3.63) is 18.2 Å². The highest BCUT2D eigenvalue weighted by atomic mass is 16.5. The molecule has 2 rings (SSSR count). The van der Waals surface area contributed by atoms with Crippen LogP contribution in [-0.2, 0) is 9.53 Å². The highest BCUT2D eigenvalue weighted by Crippen LogP contribution is 2.28. The van der Waals surface area contributed by atoms with Gasteiger partial charge in [0.15, 0.2) is 0 Å². The van der Waals surface area contributed by atoms with Crippen LogP contribution in [0.25, 0.3) is 0 Å². The molecule has 0 aromatic heterocycles. The summed E-state index contributed by atoms with van der Waals surface area (Å²) in [4.78, 5) is 11.8. The van der Waals surface area contributed by atoms with E-state index in [1.807, 2.05) is 12.1 Å². The second-order valence-electron chi connectivity index (χ2n) is 5.18. The van der Waals surface area contributed by atoms with Crippen molar-refractivity contribution in [2.45, 2.75) is 25.4 Å². The molecule has 1 aromatic carbocycles. The van der Waals surface area contributed by atoms with Crippen LogP contribution >= 0.6 is 0 Å². The van der Waals surface area contributed by atoms with Gasteiger partial charge in [-0.2, -0.15) is 0 Å². The molecule has 1 aliphatic heterocycles. The molecule has 122 valence electrons. The predicted molar refractivity (Wildman–Crippen MR) is 84.6 cm³/mol. The van der Waals surface area contributed by atoms with Gasteiger partial charge in [0.1, 0.15) is 11.5 Å². The smallest absolute Gasteiger partial charge is 0.221 e. The van der Waals surface area contributed by atoms with Crippen LogP contribution in [0.5, 0.6) is 11.5 Å². The lowest BCUT2D eigenvalue weighted by Gasteiger charge is -2.13. The summed E-state index contributed by atoms with van der Waals surface area (Å²) in [6.45, 7) is 1.95. The van der Waals surface area contributed by atoms with Crippen molar-refractivity contribution in [3.8, 4) is 11.5 Å². The molecule has 1 heterocycles. The van der Waals surface area contributed by atoms with E-state index in [1.54, 1.807) is 20.3 Å². The fourth-order valence-corrected chi connectivity index (χ4v) is 2.38. The summed E-state index contributed by atoms with van der Waals surface area (Å²) in [5.74, 6) is 1.45. The average molecular weight is 308 g/mol. The minimum Gasteiger partial charge on any atom is -0.497 e. The van der Waals surface area contributed by atoms with E-state index in [2.05, 4.69) is 10.6 Å². The van der Waals surface area contributed by atoms with Crippen LogP contribution in [0.2, 0.25) is 0 Å². The van der Waals surface area contributed by atoms with Crippen LogP contribution in [0.1, 0.15) is 19.3 Å². The van der Waals surface area contributed by atoms with Gasteiger partial charge in [0.05, 0.1) is 26.0 Å². The average Bonchev–Trinajstić information content (AvgIpc) is 3.06. The van der Waals surface area contributed by atoms with Crippen LogP contribution in [0, 0.1) is 0 Å². The van der Waals surface area contributed by atoms with Crippen molar-refractivity contribution in [1.82, 2.24) is 5.32 Å². The number of amides is 1. The lowest BCUT2D eigenvalue weighted by molar-refractivity contribution is -0.121. The van der Waals surface area contributed by atoms with E-state index in [4.69, 9.17) is 14.2 Å². The van der Waals surface area contributed by atoms with Gasteiger partial charge >= 0.3 is 0 Å². The van der Waals surface area contributed by atoms with E-state index in [1.165, 1.54) is 0 Å². The minimum atomic E-state index is 0.0236. The highest BCUT2D eigenvalue weighted by molar-refractivity contribution is 5.76. The van der Waals surface area contributed by atoms with Gasteiger partial charge in [-0.1, -0.05) is 0 Å². The van der Waals surface area contributed by atoms with Crippen LogP contribution in [0.3, 0.4) is 0 Å². The number of methoxy groups -OCH3 is 2. The number of rotatable bonds is 8. The fourth-order valence-electron chi connectivity index (χ4n) is 2.38. The zero-order valence-electron chi connectivity index (χ0n) is 13.2. The summed E-state index contributed by atoms with van der Waals surface area (Å²) in [6.07, 6.45) is 2.70. The summed E-state index contributed by atoms with van der Waals surface area (Å²) in [6, 6.07) is 5.53. The van der Waals surface area contributed by atoms with Gasteiger partial charge in [-0.05, 0) is 25.0 Å². The second-order valence-corrected chi connectivity index (χ2v) is 5.18. The molecule has 1 saturated heterocycles. The van der Waals surface area contributed by atoms with E-state index in [9.17, 15) is 4.79 Å². The van der Waals surface area contributed by atoms with Crippen molar-refractivity contribution in [3.63, 3.8) is 0 Å². The predicted octanol–water partition coefficient (Wildman–Crippen LogP) is 1.80. The molecule has 0 spiro atoms. The molecule has 1 fully saturated rings. The standard InChI is InChI=1S/C16H24N2O4/c1-20-12-5-6-14(15(10-12)21-2)17-8-7-16(19)18-11-13-4-3-9-22-13/h5-6,10,13,17H,3-4,7-9,11H2,1-2H3,(H,18,19). The molecule has 1 aliphatic rings. The molecule has 1 amide bonds. The minimum absolute atomic E-state index is 0.0236. The summed E-state index contributed by atoms with van der Waals surface area (Å²) >= 11 is 0. The van der Waals surface area contributed by atoms with Gasteiger partial charge in [0.2, 0.25) is 5.91 Å². The van der Waals surface area contributed by atoms with Crippen LogP contribution < -0.4 is 20.1 Å². The quantitative estimate of drug-likeness (QED) is 0.766. The van der Waals surface area contributed by atoms with Gasteiger partial charge in [-0.25, -0.2) is 0 Å². The normalized spacial score (nSPS) is 17.1. The van der Waals surface area contributed by atoms with Crippen LogP contribution in [-0.4, -0.2) is 45.9 Å². The van der Waals surface area contributed by atoms with Gasteiger partial charge in [0.25, 0.3) is 0 Å². The molecule has 2 N–H and O–H groups in total. The Morgan fingerprint density at radius 3 is 2.91 bits per heavy atom. The van der Waals surface area contributed by atoms with E-state index in [0.29, 0.717) is 25.3 Å². The molecule has 0 bridgehead atoms. The van der Waals surface area contributed by atoms with Crippen molar-refractivity contribution < 1.29 is 19.0 Å². The molecule has 0 radical (unpaired) electrons. The first-order valence-corrected chi connectivity index (χ1v) is 7.57. The lowest BCUT2D eigenvalue weighted by Crippen LogP contribution is -2.32. The zero-order chi connectivity index (χ0) is 15.8. The Morgan fingerprint density at radius 2 is 2.23 bits per heavy atom. The van der Waals surface area contributed by atoms with Gasteiger partial charge < -0.3 is 24.8 Å². The van der Waals surface area contributed by atoms with E-state index in [0.717, 1.165) is 30.9 Å². The van der Waals surface area contributed by atoms with Crippen LogP contribution in [0.15, 0.2) is 18.2 Å². The molecular weight excluding hydrogens is 284 g/mol.